The highest BCUT2D eigenvalue weighted by atomic mass is 15.4. The minimum Gasteiger partial charge on any atom is -0.356 e. The first-order chi connectivity index (χ1) is 13.9. The Bertz CT molecular complexity index is 1180. The van der Waals surface area contributed by atoms with Crippen LogP contribution in [0.2, 0.25) is 0 Å². The van der Waals surface area contributed by atoms with Crippen LogP contribution < -0.4 is 4.90 Å². The highest BCUT2D eigenvalue weighted by Gasteiger charge is 2.27. The van der Waals surface area contributed by atoms with Gasteiger partial charge in [0.25, 0.3) is 0 Å². The van der Waals surface area contributed by atoms with E-state index in [4.69, 9.17) is 5.10 Å². The Balaban J connectivity index is 1.40. The molecule has 150 valence electrons. The van der Waals surface area contributed by atoms with Gasteiger partial charge in [0, 0.05) is 31.5 Å². The molecule has 5 heterocycles. The molecule has 4 aromatic heterocycles. The van der Waals surface area contributed by atoms with Crippen LogP contribution in [0.15, 0.2) is 24.7 Å². The maximum atomic E-state index is 4.85. The van der Waals surface area contributed by atoms with Crippen molar-refractivity contribution in [3.8, 4) is 0 Å². The summed E-state index contributed by atoms with van der Waals surface area (Å²) in [6.45, 7) is 8.32. The molecular weight excluding hydrogens is 366 g/mol. The highest BCUT2D eigenvalue weighted by Crippen LogP contribution is 2.31. The van der Waals surface area contributed by atoms with E-state index in [0.29, 0.717) is 5.92 Å². The summed E-state index contributed by atoms with van der Waals surface area (Å²) in [6, 6.07) is 4.06. The van der Waals surface area contributed by atoms with Crippen molar-refractivity contribution in [2.24, 2.45) is 7.05 Å². The Morgan fingerprint density at radius 2 is 1.83 bits per heavy atom. The van der Waals surface area contributed by atoms with Gasteiger partial charge in [0.15, 0.2) is 17.1 Å². The van der Waals surface area contributed by atoms with E-state index < -0.39 is 0 Å². The molecule has 0 spiro atoms. The Hall–Kier alpha value is -3.10. The maximum absolute atomic E-state index is 4.85. The van der Waals surface area contributed by atoms with Crippen LogP contribution >= 0.6 is 0 Å². The Labute approximate surface area is 168 Å². The maximum Gasteiger partial charge on any atom is 0.177 e. The van der Waals surface area contributed by atoms with Gasteiger partial charge in [-0.05, 0) is 25.0 Å². The second kappa shape index (κ2) is 6.47. The number of hydrogen-bond acceptors (Lipinski definition) is 7. The third-order valence-electron chi connectivity index (χ3n) is 5.72. The van der Waals surface area contributed by atoms with E-state index in [9.17, 15) is 0 Å². The number of nitrogens with zero attached hydrogens (tertiary/aromatic N) is 9. The van der Waals surface area contributed by atoms with Crippen LogP contribution in [-0.2, 0) is 12.5 Å². The van der Waals surface area contributed by atoms with Crippen LogP contribution in [0, 0.1) is 0 Å². The number of fused-ring (bicyclic) bond motifs is 2. The van der Waals surface area contributed by atoms with E-state index in [1.165, 1.54) is 0 Å². The number of piperidine rings is 1. The Morgan fingerprint density at radius 1 is 1.03 bits per heavy atom. The van der Waals surface area contributed by atoms with Crippen molar-refractivity contribution in [1.82, 2.24) is 39.6 Å². The van der Waals surface area contributed by atoms with Gasteiger partial charge in [-0.3, -0.25) is 4.68 Å². The Kier molecular flexibility index (Phi) is 4.01. The fraction of sp³-hybridized carbons (Fsp3) is 0.500. The zero-order valence-corrected chi connectivity index (χ0v) is 17.2. The second-order valence-electron chi connectivity index (χ2n) is 8.76. The molecule has 1 fully saturated rings. The zero-order valence-electron chi connectivity index (χ0n) is 17.2. The van der Waals surface area contributed by atoms with Crippen molar-refractivity contribution >= 4 is 22.5 Å². The fourth-order valence-corrected chi connectivity index (χ4v) is 4.01. The first-order valence-corrected chi connectivity index (χ1v) is 10.0. The molecule has 0 atom stereocenters. The van der Waals surface area contributed by atoms with Gasteiger partial charge in [0.05, 0.1) is 17.3 Å². The molecular formula is C20H25N9. The highest BCUT2D eigenvalue weighted by molar-refractivity contribution is 5.86. The minimum absolute atomic E-state index is 0.0127. The van der Waals surface area contributed by atoms with Gasteiger partial charge in [-0.2, -0.15) is 14.7 Å². The molecule has 5 rings (SSSR count). The van der Waals surface area contributed by atoms with E-state index in [2.05, 4.69) is 50.9 Å². The summed E-state index contributed by atoms with van der Waals surface area (Å²) < 4.78 is 3.72. The molecule has 0 aromatic carbocycles. The molecule has 0 unspecified atom stereocenters. The molecule has 1 aliphatic heterocycles. The summed E-state index contributed by atoms with van der Waals surface area (Å²) in [5.41, 5.74) is 2.70. The third kappa shape index (κ3) is 3.01. The molecule has 0 amide bonds. The lowest BCUT2D eigenvalue weighted by atomic mass is 9.92. The average Bonchev–Trinajstić information content (AvgIpc) is 3.31. The molecule has 0 saturated carbocycles. The monoisotopic (exact) mass is 391 g/mol. The van der Waals surface area contributed by atoms with Crippen molar-refractivity contribution in [2.75, 3.05) is 18.0 Å². The molecule has 0 radical (unpaired) electrons. The van der Waals surface area contributed by atoms with Gasteiger partial charge in [-0.15, -0.1) is 10.2 Å². The second-order valence-corrected chi connectivity index (χ2v) is 8.76. The summed E-state index contributed by atoms with van der Waals surface area (Å²) in [4.78, 5) is 11.2. The molecule has 9 nitrogen and oxygen atoms in total. The summed E-state index contributed by atoms with van der Waals surface area (Å²) in [7, 11) is 1.90. The van der Waals surface area contributed by atoms with Crippen molar-refractivity contribution < 1.29 is 0 Å². The van der Waals surface area contributed by atoms with Gasteiger partial charge in [-0.1, -0.05) is 20.8 Å². The lowest BCUT2D eigenvalue weighted by Gasteiger charge is -2.32. The van der Waals surface area contributed by atoms with Gasteiger partial charge in [0.2, 0.25) is 0 Å². The first kappa shape index (κ1) is 18.0. The van der Waals surface area contributed by atoms with Crippen molar-refractivity contribution in [2.45, 2.75) is 44.9 Å². The quantitative estimate of drug-likeness (QED) is 0.518. The van der Waals surface area contributed by atoms with E-state index >= 15 is 0 Å². The number of anilines is 1. The van der Waals surface area contributed by atoms with E-state index in [1.807, 2.05) is 29.9 Å². The van der Waals surface area contributed by atoms with Crippen LogP contribution in [0.5, 0.6) is 0 Å². The van der Waals surface area contributed by atoms with Gasteiger partial charge in [-0.25, -0.2) is 9.97 Å². The van der Waals surface area contributed by atoms with Gasteiger partial charge >= 0.3 is 0 Å². The van der Waals surface area contributed by atoms with E-state index in [1.54, 1.807) is 11.0 Å². The van der Waals surface area contributed by atoms with Crippen LogP contribution in [0.1, 0.15) is 51.0 Å². The van der Waals surface area contributed by atoms with E-state index in [-0.39, 0.29) is 5.41 Å². The molecule has 1 saturated heterocycles. The number of rotatable bonds is 2. The predicted molar refractivity (Wildman–Crippen MR) is 110 cm³/mol. The van der Waals surface area contributed by atoms with Gasteiger partial charge < -0.3 is 4.90 Å². The molecule has 0 bridgehead atoms. The SMILES string of the molecule is Cn1ncc2c(N3CCC(c4nnc5ccc(C(C)(C)C)nn45)CC3)ncnc21. The topological polar surface area (TPSA) is 89.9 Å². The predicted octanol–water partition coefficient (Wildman–Crippen LogP) is 2.48. The number of hydrogen-bond donors (Lipinski definition) is 0. The summed E-state index contributed by atoms with van der Waals surface area (Å²) >= 11 is 0. The summed E-state index contributed by atoms with van der Waals surface area (Å²) in [5, 5.41) is 19.0. The standard InChI is InChI=1S/C20H25N9/c1-20(2,3)15-5-6-16-24-25-17(29(16)26-15)13-7-9-28(10-8-13)19-14-11-23-27(4)18(14)21-12-22-19/h5-6,11-13H,7-10H2,1-4H3. The Morgan fingerprint density at radius 3 is 2.59 bits per heavy atom. The van der Waals surface area contributed by atoms with Crippen LogP contribution in [0.3, 0.4) is 0 Å². The normalized spacial score (nSPS) is 16.2. The van der Waals surface area contributed by atoms with Crippen molar-refractivity contribution in [3.05, 3.63) is 36.2 Å². The molecule has 0 N–H and O–H groups in total. The van der Waals surface area contributed by atoms with Gasteiger partial charge in [0.1, 0.15) is 12.1 Å². The average molecular weight is 391 g/mol. The number of aryl methyl sites for hydroxylation is 1. The molecule has 0 aliphatic carbocycles. The molecule has 4 aromatic rings. The molecule has 9 heteroatoms. The summed E-state index contributed by atoms with van der Waals surface area (Å²) in [5.74, 6) is 2.25. The minimum atomic E-state index is -0.0127. The first-order valence-electron chi connectivity index (χ1n) is 10.0. The number of aromatic nitrogens is 8. The molecule has 29 heavy (non-hydrogen) atoms. The molecule has 1 aliphatic rings. The zero-order chi connectivity index (χ0) is 20.2. The van der Waals surface area contributed by atoms with E-state index in [0.717, 1.165) is 59.9 Å². The largest absolute Gasteiger partial charge is 0.356 e. The van der Waals surface area contributed by atoms with Crippen LogP contribution in [0.25, 0.3) is 16.7 Å². The van der Waals surface area contributed by atoms with Crippen molar-refractivity contribution in [1.29, 1.82) is 0 Å². The fourth-order valence-electron chi connectivity index (χ4n) is 4.01. The van der Waals surface area contributed by atoms with Crippen molar-refractivity contribution in [3.63, 3.8) is 0 Å². The van der Waals surface area contributed by atoms with Crippen LogP contribution in [-0.4, -0.2) is 52.6 Å². The lowest BCUT2D eigenvalue weighted by molar-refractivity contribution is 0.471. The summed E-state index contributed by atoms with van der Waals surface area (Å²) in [6.07, 6.45) is 5.43. The smallest absolute Gasteiger partial charge is 0.177 e. The third-order valence-corrected chi connectivity index (χ3v) is 5.72. The van der Waals surface area contributed by atoms with Crippen LogP contribution in [0.4, 0.5) is 5.82 Å². The lowest BCUT2D eigenvalue weighted by Crippen LogP contribution is -2.34.